The van der Waals surface area contributed by atoms with Crippen molar-refractivity contribution >= 4 is 23.3 Å². The topological polar surface area (TPSA) is 98.5 Å². The fourth-order valence-electron chi connectivity index (χ4n) is 3.35. The van der Waals surface area contributed by atoms with E-state index >= 15 is 0 Å². The molecule has 0 radical (unpaired) electrons. The number of esters is 1. The Balaban J connectivity index is 1.55. The summed E-state index contributed by atoms with van der Waals surface area (Å²) < 4.78 is 6.98. The second-order valence-corrected chi connectivity index (χ2v) is 8.68. The molecular formula is C23H29N5O3. The minimum Gasteiger partial charge on any atom is -0.453 e. The molecule has 2 aromatic heterocycles. The first-order valence-electron chi connectivity index (χ1n) is 10.3. The smallest absolute Gasteiger partial charge is 0.306 e. The van der Waals surface area contributed by atoms with Gasteiger partial charge in [-0.1, -0.05) is 32.9 Å². The molecule has 0 aliphatic heterocycles. The summed E-state index contributed by atoms with van der Waals surface area (Å²) in [6.45, 7) is 11.7. The van der Waals surface area contributed by atoms with Crippen molar-refractivity contribution in [3.05, 3.63) is 53.1 Å². The molecule has 1 aromatic carbocycles. The van der Waals surface area contributed by atoms with E-state index in [1.807, 2.05) is 38.1 Å². The molecule has 0 bridgehead atoms. The second kappa shape index (κ2) is 8.83. The highest BCUT2D eigenvalue weighted by Gasteiger charge is 2.20. The maximum absolute atomic E-state index is 12.4. The largest absolute Gasteiger partial charge is 0.453 e. The lowest BCUT2D eigenvalue weighted by Crippen LogP contribution is -2.30. The first kappa shape index (κ1) is 22.4. The number of rotatable bonds is 6. The van der Waals surface area contributed by atoms with Crippen LogP contribution in [0.2, 0.25) is 0 Å². The number of aryl methyl sites for hydroxylation is 2. The Morgan fingerprint density at radius 1 is 1.16 bits per heavy atom. The van der Waals surface area contributed by atoms with Crippen molar-refractivity contribution in [1.82, 2.24) is 19.6 Å². The van der Waals surface area contributed by atoms with E-state index in [2.05, 4.69) is 41.2 Å². The van der Waals surface area contributed by atoms with Crippen LogP contribution in [0.1, 0.15) is 56.6 Å². The number of hydrogen-bond acceptors (Lipinski definition) is 6. The number of amides is 1. The molecule has 1 unspecified atom stereocenters. The summed E-state index contributed by atoms with van der Waals surface area (Å²) in [6, 6.07) is 7.67. The normalized spacial score (nSPS) is 12.6. The van der Waals surface area contributed by atoms with Gasteiger partial charge in [0.05, 0.1) is 0 Å². The molecule has 0 aliphatic rings. The van der Waals surface area contributed by atoms with Crippen molar-refractivity contribution in [3.8, 4) is 0 Å². The molecule has 1 amide bonds. The summed E-state index contributed by atoms with van der Waals surface area (Å²) in [5.74, 6) is -0.278. The van der Waals surface area contributed by atoms with Gasteiger partial charge in [0, 0.05) is 23.5 Å². The van der Waals surface area contributed by atoms with E-state index in [0.717, 1.165) is 17.0 Å². The summed E-state index contributed by atoms with van der Waals surface area (Å²) in [4.78, 5) is 33.2. The molecule has 0 fully saturated rings. The number of carbonyl (C=O) groups excluding carboxylic acids is 2. The number of aromatic nitrogens is 4. The summed E-state index contributed by atoms with van der Waals surface area (Å²) in [5.41, 5.74) is 4.49. The molecule has 0 saturated carbocycles. The number of carbonyl (C=O) groups is 2. The molecular weight excluding hydrogens is 394 g/mol. The number of nitrogens with zero attached hydrogens (tertiary/aromatic N) is 4. The van der Waals surface area contributed by atoms with Gasteiger partial charge in [-0.2, -0.15) is 10.1 Å². The predicted molar refractivity (Wildman–Crippen MR) is 118 cm³/mol. The maximum atomic E-state index is 12.4. The van der Waals surface area contributed by atoms with Crippen LogP contribution >= 0.6 is 0 Å². The third-order valence-corrected chi connectivity index (χ3v) is 5.26. The van der Waals surface area contributed by atoms with Crippen LogP contribution in [0.25, 0.3) is 5.78 Å². The van der Waals surface area contributed by atoms with Crippen LogP contribution < -0.4 is 5.32 Å². The monoisotopic (exact) mass is 423 g/mol. The van der Waals surface area contributed by atoms with Crippen molar-refractivity contribution < 1.29 is 14.3 Å². The number of nitrogens with one attached hydrogen (secondary N) is 1. The standard InChI is InChI=1S/C23H29N5O3/c1-14-19(15(2)28-22(26-14)24-13-25-28)11-12-20(29)31-16(3)21(30)27-18-9-7-17(8-10-18)23(4,5)6/h7-10,13,16H,11-12H2,1-6H3,(H,27,30). The molecule has 31 heavy (non-hydrogen) atoms. The third kappa shape index (κ3) is 5.25. The molecule has 1 atom stereocenters. The Kier molecular flexibility index (Phi) is 6.38. The first-order valence-corrected chi connectivity index (χ1v) is 10.3. The van der Waals surface area contributed by atoms with Crippen molar-refractivity contribution in [2.75, 3.05) is 5.32 Å². The molecule has 164 valence electrons. The summed E-state index contributed by atoms with van der Waals surface area (Å²) >= 11 is 0. The first-order chi connectivity index (χ1) is 14.6. The molecule has 3 rings (SSSR count). The number of benzene rings is 1. The number of fused-ring (bicyclic) bond motifs is 1. The molecule has 8 nitrogen and oxygen atoms in total. The average molecular weight is 424 g/mol. The Morgan fingerprint density at radius 3 is 2.48 bits per heavy atom. The van der Waals surface area contributed by atoms with Crippen LogP contribution in [0.4, 0.5) is 5.69 Å². The lowest BCUT2D eigenvalue weighted by molar-refractivity contribution is -0.153. The van der Waals surface area contributed by atoms with Gasteiger partial charge in [0.1, 0.15) is 6.33 Å². The summed E-state index contributed by atoms with van der Waals surface area (Å²) in [7, 11) is 0. The highest BCUT2D eigenvalue weighted by Crippen LogP contribution is 2.23. The van der Waals surface area contributed by atoms with Gasteiger partial charge in [-0.05, 0) is 55.9 Å². The highest BCUT2D eigenvalue weighted by molar-refractivity contribution is 5.95. The lowest BCUT2D eigenvalue weighted by Gasteiger charge is -2.19. The van der Waals surface area contributed by atoms with Gasteiger partial charge in [-0.15, -0.1) is 0 Å². The number of ether oxygens (including phenoxy) is 1. The van der Waals surface area contributed by atoms with Gasteiger partial charge >= 0.3 is 5.97 Å². The molecule has 3 aromatic rings. The SMILES string of the molecule is Cc1nc2ncnn2c(C)c1CCC(=O)OC(C)C(=O)Nc1ccc(C(C)(C)C)cc1. The minimum absolute atomic E-state index is 0.0377. The Morgan fingerprint density at radius 2 is 1.84 bits per heavy atom. The molecule has 0 aliphatic carbocycles. The van der Waals surface area contributed by atoms with E-state index in [1.165, 1.54) is 11.9 Å². The van der Waals surface area contributed by atoms with Crippen LogP contribution in [0.3, 0.4) is 0 Å². The zero-order valence-corrected chi connectivity index (χ0v) is 18.9. The van der Waals surface area contributed by atoms with E-state index < -0.39 is 12.1 Å². The Hall–Kier alpha value is -3.29. The van der Waals surface area contributed by atoms with Crippen molar-refractivity contribution in [2.24, 2.45) is 0 Å². The highest BCUT2D eigenvalue weighted by atomic mass is 16.5. The summed E-state index contributed by atoms with van der Waals surface area (Å²) in [6.07, 6.45) is 1.14. The summed E-state index contributed by atoms with van der Waals surface area (Å²) in [5, 5.41) is 6.94. The van der Waals surface area contributed by atoms with E-state index in [1.54, 1.807) is 11.4 Å². The van der Waals surface area contributed by atoms with Gasteiger partial charge in [0.25, 0.3) is 11.7 Å². The maximum Gasteiger partial charge on any atom is 0.306 e. The fourth-order valence-corrected chi connectivity index (χ4v) is 3.35. The number of anilines is 1. The minimum atomic E-state index is -0.895. The van der Waals surface area contributed by atoms with Gasteiger partial charge in [0.2, 0.25) is 0 Å². The quantitative estimate of drug-likeness (QED) is 0.609. The van der Waals surface area contributed by atoms with Crippen LogP contribution in [0.15, 0.2) is 30.6 Å². The van der Waals surface area contributed by atoms with E-state index in [0.29, 0.717) is 17.9 Å². The van der Waals surface area contributed by atoms with Gasteiger partial charge in [0.15, 0.2) is 6.10 Å². The van der Waals surface area contributed by atoms with Crippen molar-refractivity contribution in [3.63, 3.8) is 0 Å². The van der Waals surface area contributed by atoms with E-state index in [9.17, 15) is 9.59 Å². The fraction of sp³-hybridized carbons (Fsp3) is 0.435. The lowest BCUT2D eigenvalue weighted by atomic mass is 9.87. The molecule has 8 heteroatoms. The number of hydrogen-bond donors (Lipinski definition) is 1. The van der Waals surface area contributed by atoms with E-state index in [-0.39, 0.29) is 17.7 Å². The molecule has 0 spiro atoms. The van der Waals surface area contributed by atoms with Gasteiger partial charge < -0.3 is 10.1 Å². The zero-order valence-electron chi connectivity index (χ0n) is 18.9. The zero-order chi connectivity index (χ0) is 22.8. The van der Waals surface area contributed by atoms with Crippen molar-refractivity contribution in [2.45, 2.75) is 65.9 Å². The predicted octanol–water partition coefficient (Wildman–Crippen LogP) is 3.54. The second-order valence-electron chi connectivity index (χ2n) is 8.68. The van der Waals surface area contributed by atoms with Crippen LogP contribution in [0.5, 0.6) is 0 Å². The van der Waals surface area contributed by atoms with Crippen LogP contribution in [-0.2, 0) is 26.2 Å². The van der Waals surface area contributed by atoms with Crippen molar-refractivity contribution in [1.29, 1.82) is 0 Å². The van der Waals surface area contributed by atoms with Crippen LogP contribution in [-0.4, -0.2) is 37.6 Å². The van der Waals surface area contributed by atoms with Gasteiger partial charge in [-0.25, -0.2) is 9.50 Å². The Bertz CT molecular complexity index is 1100. The molecule has 0 saturated heterocycles. The van der Waals surface area contributed by atoms with Gasteiger partial charge in [-0.3, -0.25) is 9.59 Å². The third-order valence-electron chi connectivity index (χ3n) is 5.26. The average Bonchev–Trinajstić information content (AvgIpc) is 3.16. The molecule has 2 heterocycles. The molecule has 1 N–H and O–H groups in total. The van der Waals surface area contributed by atoms with E-state index in [4.69, 9.17) is 4.74 Å². The Labute approximate surface area is 182 Å². The van der Waals surface area contributed by atoms with Crippen LogP contribution in [0, 0.1) is 13.8 Å².